The van der Waals surface area contributed by atoms with Gasteiger partial charge in [-0.25, -0.2) is 0 Å². The molecule has 0 radical (unpaired) electrons. The van der Waals surface area contributed by atoms with Crippen molar-refractivity contribution in [2.75, 3.05) is 11.1 Å². The number of ketones is 1. The largest absolute Gasteiger partial charge is 0.397 e. The van der Waals surface area contributed by atoms with Crippen LogP contribution in [0.5, 0.6) is 0 Å². The number of thiophene rings is 1. The molecular formula is C10H14N2OS. The molecule has 3 nitrogen and oxygen atoms in total. The first-order valence-electron chi connectivity index (χ1n) is 4.74. The Balaban J connectivity index is 2.12. The van der Waals surface area contributed by atoms with E-state index in [1.54, 1.807) is 6.92 Å². The quantitative estimate of drug-likeness (QED) is 0.753. The Morgan fingerprint density at radius 3 is 2.79 bits per heavy atom. The second-order valence-electron chi connectivity index (χ2n) is 3.92. The van der Waals surface area contributed by atoms with Crippen molar-refractivity contribution in [3.63, 3.8) is 0 Å². The van der Waals surface area contributed by atoms with Gasteiger partial charge in [-0.05, 0) is 18.4 Å². The van der Waals surface area contributed by atoms with Gasteiger partial charge >= 0.3 is 0 Å². The van der Waals surface area contributed by atoms with E-state index < -0.39 is 0 Å². The first kappa shape index (κ1) is 9.52. The second kappa shape index (κ2) is 3.28. The Bertz CT molecular complexity index is 372. The van der Waals surface area contributed by atoms with E-state index in [0.717, 1.165) is 10.9 Å². The maximum Gasteiger partial charge on any atom is 0.171 e. The summed E-state index contributed by atoms with van der Waals surface area (Å²) in [7, 11) is 0. The lowest BCUT2D eigenvalue weighted by molar-refractivity contribution is 0.102. The predicted molar refractivity (Wildman–Crippen MR) is 59.9 cm³/mol. The summed E-state index contributed by atoms with van der Waals surface area (Å²) >= 11 is 1.45. The van der Waals surface area contributed by atoms with Crippen LogP contribution in [0.15, 0.2) is 6.07 Å². The molecule has 0 spiro atoms. The lowest BCUT2D eigenvalue weighted by atomic mass is 10.3. The molecule has 76 valence electrons. The van der Waals surface area contributed by atoms with Gasteiger partial charge in [0.05, 0.1) is 15.6 Å². The zero-order valence-electron chi connectivity index (χ0n) is 8.33. The number of anilines is 2. The van der Waals surface area contributed by atoms with Gasteiger partial charge < -0.3 is 11.1 Å². The van der Waals surface area contributed by atoms with Crippen molar-refractivity contribution in [2.45, 2.75) is 26.3 Å². The smallest absolute Gasteiger partial charge is 0.171 e. The third-order valence-corrected chi connectivity index (χ3v) is 3.70. The number of nitrogens with two attached hydrogens (primary N) is 1. The van der Waals surface area contributed by atoms with Crippen molar-refractivity contribution in [1.29, 1.82) is 0 Å². The first-order chi connectivity index (χ1) is 6.58. The monoisotopic (exact) mass is 210 g/mol. The van der Waals surface area contributed by atoms with Crippen LogP contribution >= 0.6 is 11.3 Å². The number of hydrogen-bond acceptors (Lipinski definition) is 4. The van der Waals surface area contributed by atoms with Crippen molar-refractivity contribution in [3.05, 3.63) is 10.9 Å². The number of nitrogen functional groups attached to an aromatic ring is 1. The van der Waals surface area contributed by atoms with Crippen LogP contribution in [0, 0.1) is 5.92 Å². The van der Waals surface area contributed by atoms with Crippen LogP contribution in [0.4, 0.5) is 10.7 Å². The highest BCUT2D eigenvalue weighted by Gasteiger charge is 2.32. The molecule has 3 N–H and O–H groups in total. The normalized spacial score (nSPS) is 24.7. The summed E-state index contributed by atoms with van der Waals surface area (Å²) in [6.07, 6.45) is 1.22. The van der Waals surface area contributed by atoms with Crippen LogP contribution in [0.3, 0.4) is 0 Å². The van der Waals surface area contributed by atoms with E-state index in [9.17, 15) is 4.79 Å². The van der Waals surface area contributed by atoms with Gasteiger partial charge in [-0.15, -0.1) is 11.3 Å². The molecule has 1 saturated carbocycles. The molecule has 1 fully saturated rings. The second-order valence-corrected chi connectivity index (χ2v) is 4.97. The lowest BCUT2D eigenvalue weighted by Gasteiger charge is -1.98. The Morgan fingerprint density at radius 1 is 1.71 bits per heavy atom. The number of hydrogen-bond donors (Lipinski definition) is 2. The molecule has 1 aromatic heterocycles. The summed E-state index contributed by atoms with van der Waals surface area (Å²) in [5.41, 5.74) is 6.32. The van der Waals surface area contributed by atoms with Crippen LogP contribution in [-0.4, -0.2) is 11.8 Å². The SMILES string of the molecule is CC(=O)c1sc(NC2CC2C)cc1N. The minimum Gasteiger partial charge on any atom is -0.397 e. The van der Waals surface area contributed by atoms with Gasteiger partial charge in [-0.1, -0.05) is 6.92 Å². The molecule has 0 saturated heterocycles. The highest BCUT2D eigenvalue weighted by molar-refractivity contribution is 7.18. The van der Waals surface area contributed by atoms with E-state index >= 15 is 0 Å². The average Bonchev–Trinajstić information content (AvgIpc) is 2.60. The fourth-order valence-electron chi connectivity index (χ4n) is 1.46. The molecule has 2 rings (SSSR count). The van der Waals surface area contributed by atoms with Crippen molar-refractivity contribution < 1.29 is 4.79 Å². The summed E-state index contributed by atoms with van der Waals surface area (Å²) in [6.45, 7) is 3.76. The molecule has 1 aliphatic carbocycles. The summed E-state index contributed by atoms with van der Waals surface area (Å²) in [4.78, 5) is 11.8. The minimum absolute atomic E-state index is 0.0457. The van der Waals surface area contributed by atoms with Crippen LogP contribution < -0.4 is 11.1 Å². The highest BCUT2D eigenvalue weighted by atomic mass is 32.1. The van der Waals surface area contributed by atoms with Crippen LogP contribution in [-0.2, 0) is 0 Å². The van der Waals surface area contributed by atoms with Crippen LogP contribution in [0.2, 0.25) is 0 Å². The maximum absolute atomic E-state index is 11.1. The number of carbonyl (C=O) groups is 1. The molecule has 1 heterocycles. The van der Waals surface area contributed by atoms with Crippen molar-refractivity contribution in [3.8, 4) is 0 Å². The van der Waals surface area contributed by atoms with E-state index in [-0.39, 0.29) is 5.78 Å². The van der Waals surface area contributed by atoms with Gasteiger partial charge in [-0.3, -0.25) is 4.79 Å². The third-order valence-electron chi connectivity index (χ3n) is 2.52. The Kier molecular flexibility index (Phi) is 2.23. The average molecular weight is 210 g/mol. The number of carbonyl (C=O) groups excluding carboxylic acids is 1. The Hall–Kier alpha value is -1.03. The zero-order valence-corrected chi connectivity index (χ0v) is 9.15. The van der Waals surface area contributed by atoms with Crippen molar-refractivity contribution in [1.82, 2.24) is 0 Å². The molecule has 2 unspecified atom stereocenters. The molecule has 4 heteroatoms. The van der Waals surface area contributed by atoms with Crippen molar-refractivity contribution in [2.24, 2.45) is 5.92 Å². The van der Waals surface area contributed by atoms with E-state index in [0.29, 0.717) is 16.6 Å². The molecule has 0 amide bonds. The molecule has 14 heavy (non-hydrogen) atoms. The van der Waals surface area contributed by atoms with E-state index in [1.807, 2.05) is 6.07 Å². The topological polar surface area (TPSA) is 55.1 Å². The summed E-state index contributed by atoms with van der Waals surface area (Å²) in [5.74, 6) is 0.795. The van der Waals surface area contributed by atoms with Gasteiger partial charge in [0, 0.05) is 13.0 Å². The van der Waals surface area contributed by atoms with Gasteiger partial charge in [0.15, 0.2) is 5.78 Å². The standard InChI is InChI=1S/C10H14N2OS/c1-5-3-8(5)12-9-4-7(11)10(14-9)6(2)13/h4-5,8,12H,3,11H2,1-2H3. The molecule has 1 aromatic rings. The van der Waals surface area contributed by atoms with Gasteiger partial charge in [0.2, 0.25) is 0 Å². The van der Waals surface area contributed by atoms with Gasteiger partial charge in [0.25, 0.3) is 0 Å². The molecular weight excluding hydrogens is 196 g/mol. The summed E-state index contributed by atoms with van der Waals surface area (Å²) < 4.78 is 0. The zero-order chi connectivity index (χ0) is 10.3. The fourth-order valence-corrected chi connectivity index (χ4v) is 2.39. The summed E-state index contributed by atoms with van der Waals surface area (Å²) in [6, 6.07) is 2.43. The number of rotatable bonds is 3. The molecule has 0 aliphatic heterocycles. The van der Waals surface area contributed by atoms with Crippen LogP contribution in [0.25, 0.3) is 0 Å². The van der Waals surface area contributed by atoms with Crippen LogP contribution in [0.1, 0.15) is 29.9 Å². The fraction of sp³-hybridized carbons (Fsp3) is 0.500. The summed E-state index contributed by atoms with van der Waals surface area (Å²) in [5, 5.41) is 4.38. The number of nitrogens with one attached hydrogen (secondary N) is 1. The molecule has 0 bridgehead atoms. The number of Topliss-reactive ketones (excluding diaryl/α,β-unsaturated/α-hetero) is 1. The predicted octanol–water partition coefficient (Wildman–Crippen LogP) is 2.35. The van der Waals surface area contributed by atoms with Gasteiger partial charge in [-0.2, -0.15) is 0 Å². The van der Waals surface area contributed by atoms with E-state index in [2.05, 4.69) is 12.2 Å². The Labute approximate surface area is 87.3 Å². The van der Waals surface area contributed by atoms with E-state index in [4.69, 9.17) is 5.73 Å². The van der Waals surface area contributed by atoms with Crippen molar-refractivity contribution >= 4 is 27.8 Å². The third kappa shape index (κ3) is 1.75. The first-order valence-corrected chi connectivity index (χ1v) is 5.56. The molecule has 2 atom stereocenters. The Morgan fingerprint density at radius 2 is 2.36 bits per heavy atom. The lowest BCUT2D eigenvalue weighted by Crippen LogP contribution is -2.00. The minimum atomic E-state index is 0.0457. The molecule has 0 aromatic carbocycles. The maximum atomic E-state index is 11.1. The molecule has 1 aliphatic rings. The highest BCUT2D eigenvalue weighted by Crippen LogP contribution is 2.37. The van der Waals surface area contributed by atoms with E-state index in [1.165, 1.54) is 17.8 Å². The van der Waals surface area contributed by atoms with Gasteiger partial charge in [0.1, 0.15) is 0 Å².